The van der Waals surface area contributed by atoms with Gasteiger partial charge in [-0.2, -0.15) is 0 Å². The van der Waals surface area contributed by atoms with Gasteiger partial charge in [0.2, 0.25) is 0 Å². The fraction of sp³-hybridized carbons (Fsp3) is 0.286. The quantitative estimate of drug-likeness (QED) is 0.879. The maximum atomic E-state index is 10.5. The zero-order valence-electron chi connectivity index (χ0n) is 10.2. The van der Waals surface area contributed by atoms with E-state index >= 15 is 0 Å². The van der Waals surface area contributed by atoms with Crippen LogP contribution in [0.2, 0.25) is 0 Å². The summed E-state index contributed by atoms with van der Waals surface area (Å²) in [5, 5.41) is 8.59. The van der Waals surface area contributed by atoms with Crippen LogP contribution in [-0.4, -0.2) is 16.1 Å². The van der Waals surface area contributed by atoms with Crippen LogP contribution in [0.25, 0.3) is 11.3 Å². The first-order valence-corrected chi connectivity index (χ1v) is 5.95. The number of carboxylic acid groups (broad SMARTS) is 1. The Morgan fingerprint density at radius 2 is 2.06 bits per heavy atom. The summed E-state index contributed by atoms with van der Waals surface area (Å²) in [6, 6.07) is 8.07. The van der Waals surface area contributed by atoms with Crippen molar-refractivity contribution in [1.82, 2.24) is 4.98 Å². The van der Waals surface area contributed by atoms with E-state index in [9.17, 15) is 4.79 Å². The van der Waals surface area contributed by atoms with Crippen molar-refractivity contribution in [3.63, 3.8) is 0 Å². The molecular formula is C14H15NO3. The lowest BCUT2D eigenvalue weighted by Gasteiger charge is -1.98. The molecule has 4 heteroatoms. The predicted molar refractivity (Wildman–Crippen MR) is 67.3 cm³/mol. The number of carboxylic acids is 1. The summed E-state index contributed by atoms with van der Waals surface area (Å²) in [6.07, 6.45) is 3.00. The van der Waals surface area contributed by atoms with Gasteiger partial charge in [-0.15, -0.1) is 0 Å². The maximum Gasteiger partial charge on any atom is 0.303 e. The SMILES string of the molecule is CCc1ccc(-c2cnc(CCC(=O)O)o2)cc1. The van der Waals surface area contributed by atoms with Crippen molar-refractivity contribution in [3.05, 3.63) is 41.9 Å². The molecule has 1 N–H and O–H groups in total. The predicted octanol–water partition coefficient (Wildman–Crippen LogP) is 2.92. The van der Waals surface area contributed by atoms with Gasteiger partial charge in [-0.05, 0) is 12.0 Å². The van der Waals surface area contributed by atoms with Crippen LogP contribution in [0.15, 0.2) is 34.9 Å². The van der Waals surface area contributed by atoms with Crippen molar-refractivity contribution in [2.24, 2.45) is 0 Å². The minimum Gasteiger partial charge on any atom is -0.481 e. The third-order valence-corrected chi connectivity index (χ3v) is 2.75. The third kappa shape index (κ3) is 2.97. The van der Waals surface area contributed by atoms with Gasteiger partial charge in [0.05, 0.1) is 12.6 Å². The summed E-state index contributed by atoms with van der Waals surface area (Å²) in [7, 11) is 0. The number of benzene rings is 1. The number of oxazole rings is 1. The van der Waals surface area contributed by atoms with Gasteiger partial charge >= 0.3 is 5.97 Å². The molecule has 0 bridgehead atoms. The minimum absolute atomic E-state index is 0.0364. The molecule has 0 aliphatic rings. The summed E-state index contributed by atoms with van der Waals surface area (Å²) in [5.74, 6) is 0.298. The lowest BCUT2D eigenvalue weighted by Crippen LogP contribution is -1.97. The van der Waals surface area contributed by atoms with Crippen LogP contribution in [-0.2, 0) is 17.6 Å². The Hall–Kier alpha value is -2.10. The van der Waals surface area contributed by atoms with E-state index < -0.39 is 5.97 Å². The Bertz CT molecular complexity index is 528. The molecule has 0 saturated carbocycles. The molecule has 18 heavy (non-hydrogen) atoms. The molecule has 4 nitrogen and oxygen atoms in total. The first kappa shape index (κ1) is 12.4. The Morgan fingerprint density at radius 3 is 2.67 bits per heavy atom. The molecule has 2 aromatic rings. The zero-order valence-corrected chi connectivity index (χ0v) is 10.2. The molecule has 0 fully saturated rings. The number of hydrogen-bond acceptors (Lipinski definition) is 3. The highest BCUT2D eigenvalue weighted by Crippen LogP contribution is 2.21. The van der Waals surface area contributed by atoms with E-state index in [2.05, 4.69) is 24.0 Å². The lowest BCUT2D eigenvalue weighted by atomic mass is 10.1. The van der Waals surface area contributed by atoms with E-state index in [1.165, 1.54) is 5.56 Å². The average Bonchev–Trinajstić information content (AvgIpc) is 2.85. The molecule has 0 amide bonds. The molecular weight excluding hydrogens is 230 g/mol. The van der Waals surface area contributed by atoms with Gasteiger partial charge in [-0.3, -0.25) is 4.79 Å². The second-order valence-electron chi connectivity index (χ2n) is 4.06. The highest BCUT2D eigenvalue weighted by molar-refractivity contribution is 5.66. The molecule has 1 aromatic heterocycles. The van der Waals surface area contributed by atoms with E-state index in [0.29, 0.717) is 18.1 Å². The van der Waals surface area contributed by atoms with Crippen LogP contribution in [0.5, 0.6) is 0 Å². The van der Waals surface area contributed by atoms with E-state index in [1.54, 1.807) is 6.20 Å². The van der Waals surface area contributed by atoms with Crippen molar-refractivity contribution in [2.45, 2.75) is 26.2 Å². The zero-order chi connectivity index (χ0) is 13.0. The highest BCUT2D eigenvalue weighted by Gasteiger charge is 2.08. The molecule has 0 atom stereocenters. The van der Waals surface area contributed by atoms with E-state index in [4.69, 9.17) is 9.52 Å². The number of carbonyl (C=O) groups is 1. The molecule has 0 aliphatic carbocycles. The molecule has 0 spiro atoms. The summed E-state index contributed by atoms with van der Waals surface area (Å²) >= 11 is 0. The van der Waals surface area contributed by atoms with Gasteiger partial charge in [-0.25, -0.2) is 4.98 Å². The summed E-state index contributed by atoms with van der Waals surface area (Å²) in [4.78, 5) is 14.5. The van der Waals surface area contributed by atoms with Gasteiger partial charge < -0.3 is 9.52 Å². The lowest BCUT2D eigenvalue weighted by molar-refractivity contribution is -0.137. The van der Waals surface area contributed by atoms with Crippen molar-refractivity contribution in [1.29, 1.82) is 0 Å². The molecule has 1 aromatic carbocycles. The molecule has 0 aliphatic heterocycles. The molecule has 0 unspecified atom stereocenters. The van der Waals surface area contributed by atoms with E-state index in [1.807, 2.05) is 12.1 Å². The Morgan fingerprint density at radius 1 is 1.33 bits per heavy atom. The van der Waals surface area contributed by atoms with Gasteiger partial charge in [0, 0.05) is 12.0 Å². The Kier molecular flexibility index (Phi) is 3.77. The second kappa shape index (κ2) is 5.49. The second-order valence-corrected chi connectivity index (χ2v) is 4.06. The molecule has 0 saturated heterocycles. The number of aryl methyl sites for hydroxylation is 2. The van der Waals surface area contributed by atoms with Crippen LogP contribution in [0.1, 0.15) is 24.8 Å². The van der Waals surface area contributed by atoms with Gasteiger partial charge in [-0.1, -0.05) is 31.2 Å². The first-order chi connectivity index (χ1) is 8.69. The van der Waals surface area contributed by atoms with Crippen molar-refractivity contribution < 1.29 is 14.3 Å². The number of aromatic nitrogens is 1. The van der Waals surface area contributed by atoms with E-state index in [0.717, 1.165) is 12.0 Å². The monoisotopic (exact) mass is 245 g/mol. The molecule has 94 valence electrons. The summed E-state index contributed by atoms with van der Waals surface area (Å²) in [5.41, 5.74) is 2.23. The molecule has 0 radical (unpaired) electrons. The van der Waals surface area contributed by atoms with Crippen LogP contribution >= 0.6 is 0 Å². The Labute approximate surface area is 105 Å². The van der Waals surface area contributed by atoms with Crippen LogP contribution in [0.3, 0.4) is 0 Å². The standard InChI is InChI=1S/C14H15NO3/c1-2-10-3-5-11(6-4-10)12-9-15-13(18-12)7-8-14(16)17/h3-6,9H,2,7-8H2,1H3,(H,16,17). The summed E-state index contributed by atoms with van der Waals surface area (Å²) in [6.45, 7) is 2.10. The largest absolute Gasteiger partial charge is 0.481 e. The number of rotatable bonds is 5. The summed E-state index contributed by atoms with van der Waals surface area (Å²) < 4.78 is 5.52. The van der Waals surface area contributed by atoms with Crippen LogP contribution in [0, 0.1) is 0 Å². The van der Waals surface area contributed by atoms with Crippen LogP contribution < -0.4 is 0 Å². The average molecular weight is 245 g/mol. The van der Waals surface area contributed by atoms with E-state index in [-0.39, 0.29) is 6.42 Å². The molecule has 2 rings (SSSR count). The topological polar surface area (TPSA) is 63.3 Å². The normalized spacial score (nSPS) is 10.5. The third-order valence-electron chi connectivity index (χ3n) is 2.75. The van der Waals surface area contributed by atoms with Crippen molar-refractivity contribution in [2.75, 3.05) is 0 Å². The smallest absolute Gasteiger partial charge is 0.303 e. The van der Waals surface area contributed by atoms with Gasteiger partial charge in [0.25, 0.3) is 0 Å². The van der Waals surface area contributed by atoms with Gasteiger partial charge in [0.1, 0.15) is 0 Å². The number of nitrogens with zero attached hydrogens (tertiary/aromatic N) is 1. The Balaban J connectivity index is 2.10. The number of hydrogen-bond donors (Lipinski definition) is 1. The van der Waals surface area contributed by atoms with Crippen LogP contribution in [0.4, 0.5) is 0 Å². The fourth-order valence-electron chi connectivity index (χ4n) is 1.68. The van der Waals surface area contributed by atoms with Gasteiger partial charge in [0.15, 0.2) is 11.7 Å². The first-order valence-electron chi connectivity index (χ1n) is 5.95. The van der Waals surface area contributed by atoms with Crippen molar-refractivity contribution >= 4 is 5.97 Å². The number of aliphatic carboxylic acids is 1. The minimum atomic E-state index is -0.845. The highest BCUT2D eigenvalue weighted by atomic mass is 16.4. The molecule has 1 heterocycles. The van der Waals surface area contributed by atoms with Crippen molar-refractivity contribution in [3.8, 4) is 11.3 Å². The fourth-order valence-corrected chi connectivity index (χ4v) is 1.68. The maximum absolute atomic E-state index is 10.5.